The molecule has 0 atom stereocenters. The summed E-state index contributed by atoms with van der Waals surface area (Å²) in [5, 5.41) is 6.51. The summed E-state index contributed by atoms with van der Waals surface area (Å²) in [5.41, 5.74) is 2.22. The van der Waals surface area contributed by atoms with Gasteiger partial charge in [0.15, 0.2) is 0 Å². The van der Waals surface area contributed by atoms with Crippen LogP contribution in [0.1, 0.15) is 25.7 Å². The molecule has 1 aromatic heterocycles. The summed E-state index contributed by atoms with van der Waals surface area (Å²) in [5.74, 6) is 1.21. The molecule has 0 unspecified atom stereocenters. The fourth-order valence-electron chi connectivity index (χ4n) is 2.24. The Kier molecular flexibility index (Phi) is 3.89. The van der Waals surface area contributed by atoms with Crippen molar-refractivity contribution in [3.8, 4) is 11.3 Å². The maximum Gasteiger partial charge on any atom is 0.277 e. The molecular weight excluding hydrogens is 254 g/mol. The first-order chi connectivity index (χ1) is 9.42. The van der Waals surface area contributed by atoms with Gasteiger partial charge in [-0.3, -0.25) is 4.99 Å². The summed E-state index contributed by atoms with van der Waals surface area (Å²) in [7, 11) is 0. The molecule has 1 aliphatic rings. The van der Waals surface area contributed by atoms with Crippen molar-refractivity contribution < 1.29 is 4.99 Å². The quantitative estimate of drug-likeness (QED) is 0.880. The standard InChI is InChI=1S/C15H17N3S/c1-3-7-12(8-4-1)13-11-19-15(17-13)18-14-9-5-2-6-10-16-14/h1,3-4,7-8,11H,2,5-6,9-10H2,(H,16,17,18)/p+1. The zero-order valence-electron chi connectivity index (χ0n) is 10.9. The van der Waals surface area contributed by atoms with E-state index in [1.54, 1.807) is 11.3 Å². The Morgan fingerprint density at radius 1 is 1.11 bits per heavy atom. The van der Waals surface area contributed by atoms with Crippen LogP contribution in [0, 0.1) is 0 Å². The minimum absolute atomic E-state index is 0.975. The van der Waals surface area contributed by atoms with Crippen molar-refractivity contribution in [2.75, 3.05) is 11.9 Å². The SMILES string of the molecule is c1ccc(-c2csc(NC3=[NH+]CCCCC3)n2)cc1. The number of thiazole rings is 1. The monoisotopic (exact) mass is 272 g/mol. The van der Waals surface area contributed by atoms with Crippen LogP contribution in [-0.4, -0.2) is 17.4 Å². The zero-order valence-corrected chi connectivity index (χ0v) is 11.7. The third-order valence-electron chi connectivity index (χ3n) is 3.27. The molecule has 0 saturated carbocycles. The van der Waals surface area contributed by atoms with Gasteiger partial charge < -0.3 is 0 Å². The van der Waals surface area contributed by atoms with Gasteiger partial charge in [-0.1, -0.05) is 41.7 Å². The molecule has 19 heavy (non-hydrogen) atoms. The molecule has 98 valence electrons. The fraction of sp³-hybridized carbons (Fsp3) is 0.333. The Hall–Kier alpha value is -1.68. The Balaban J connectivity index is 1.73. The Morgan fingerprint density at radius 2 is 2.00 bits per heavy atom. The van der Waals surface area contributed by atoms with Crippen LogP contribution in [0.5, 0.6) is 0 Å². The molecule has 0 radical (unpaired) electrons. The van der Waals surface area contributed by atoms with E-state index in [1.807, 2.05) is 18.2 Å². The average molecular weight is 272 g/mol. The smallest absolute Gasteiger partial charge is 0.277 e. The maximum absolute atomic E-state index is 4.65. The van der Waals surface area contributed by atoms with Crippen molar-refractivity contribution in [2.24, 2.45) is 0 Å². The van der Waals surface area contributed by atoms with Crippen LogP contribution in [-0.2, 0) is 0 Å². The molecule has 1 aliphatic heterocycles. The number of benzene rings is 1. The highest BCUT2D eigenvalue weighted by atomic mass is 32.1. The second-order valence-electron chi connectivity index (χ2n) is 4.74. The van der Waals surface area contributed by atoms with E-state index in [-0.39, 0.29) is 0 Å². The fourth-order valence-corrected chi connectivity index (χ4v) is 2.98. The van der Waals surface area contributed by atoms with Crippen molar-refractivity contribution in [3.63, 3.8) is 0 Å². The first-order valence-corrected chi connectivity index (χ1v) is 7.67. The zero-order chi connectivity index (χ0) is 12.9. The molecule has 2 aromatic rings. The van der Waals surface area contributed by atoms with Crippen LogP contribution >= 0.6 is 11.3 Å². The highest BCUT2D eigenvalue weighted by Gasteiger charge is 2.13. The highest BCUT2D eigenvalue weighted by Crippen LogP contribution is 2.24. The van der Waals surface area contributed by atoms with E-state index in [2.05, 4.69) is 32.8 Å². The number of nitrogens with zero attached hydrogens (tertiary/aromatic N) is 1. The lowest BCUT2D eigenvalue weighted by Crippen LogP contribution is -2.74. The van der Waals surface area contributed by atoms with E-state index >= 15 is 0 Å². The molecule has 2 N–H and O–H groups in total. The van der Waals surface area contributed by atoms with E-state index in [9.17, 15) is 0 Å². The molecule has 1 aromatic carbocycles. The summed E-state index contributed by atoms with van der Waals surface area (Å²) in [6, 6.07) is 10.3. The topological polar surface area (TPSA) is 38.9 Å². The summed E-state index contributed by atoms with van der Waals surface area (Å²) in [6.07, 6.45) is 4.93. The van der Waals surface area contributed by atoms with Gasteiger partial charge in [-0.15, -0.1) is 0 Å². The Bertz CT molecular complexity index is 560. The van der Waals surface area contributed by atoms with Crippen molar-refractivity contribution in [2.45, 2.75) is 25.7 Å². The number of hydrogen-bond acceptors (Lipinski definition) is 3. The van der Waals surface area contributed by atoms with Crippen LogP contribution < -0.4 is 10.3 Å². The molecule has 3 rings (SSSR count). The summed E-state index contributed by atoms with van der Waals surface area (Å²) in [4.78, 5) is 8.10. The van der Waals surface area contributed by atoms with Gasteiger partial charge in [-0.2, -0.15) is 4.98 Å². The van der Waals surface area contributed by atoms with Crippen molar-refractivity contribution in [1.82, 2.24) is 4.98 Å². The van der Waals surface area contributed by atoms with Crippen molar-refractivity contribution in [1.29, 1.82) is 0 Å². The second kappa shape index (κ2) is 5.97. The molecule has 3 nitrogen and oxygen atoms in total. The second-order valence-corrected chi connectivity index (χ2v) is 5.60. The lowest BCUT2D eigenvalue weighted by Gasteiger charge is -1.97. The Morgan fingerprint density at radius 3 is 2.89 bits per heavy atom. The number of rotatable bonds is 2. The molecule has 4 heteroatoms. The number of amidine groups is 1. The lowest BCUT2D eigenvalue weighted by atomic mass is 10.2. The van der Waals surface area contributed by atoms with Gasteiger partial charge in [0.1, 0.15) is 0 Å². The van der Waals surface area contributed by atoms with E-state index < -0.39 is 0 Å². The number of aromatic nitrogens is 1. The molecule has 0 fully saturated rings. The van der Waals surface area contributed by atoms with E-state index in [0.29, 0.717) is 0 Å². The number of nitrogens with one attached hydrogen (secondary N) is 2. The van der Waals surface area contributed by atoms with Crippen LogP contribution in [0.3, 0.4) is 0 Å². The normalized spacial score (nSPS) is 15.7. The summed E-state index contributed by atoms with van der Waals surface area (Å²) < 4.78 is 0. The van der Waals surface area contributed by atoms with E-state index in [4.69, 9.17) is 0 Å². The molecule has 0 spiro atoms. The van der Waals surface area contributed by atoms with Gasteiger partial charge in [0.05, 0.1) is 12.2 Å². The molecule has 0 aliphatic carbocycles. The highest BCUT2D eigenvalue weighted by molar-refractivity contribution is 7.14. The maximum atomic E-state index is 4.65. The minimum Gasteiger partial charge on any atom is -0.278 e. The lowest BCUT2D eigenvalue weighted by molar-refractivity contribution is -0.457. The summed E-state index contributed by atoms with van der Waals surface area (Å²) >= 11 is 1.66. The van der Waals surface area contributed by atoms with Crippen molar-refractivity contribution >= 4 is 22.3 Å². The first kappa shape index (κ1) is 12.4. The number of anilines is 1. The van der Waals surface area contributed by atoms with Gasteiger partial charge in [-0.25, -0.2) is 5.32 Å². The van der Waals surface area contributed by atoms with Crippen LogP contribution in [0.25, 0.3) is 11.3 Å². The predicted octanol–water partition coefficient (Wildman–Crippen LogP) is 2.28. The van der Waals surface area contributed by atoms with Gasteiger partial charge in [0.2, 0.25) is 5.84 Å². The van der Waals surface area contributed by atoms with Crippen LogP contribution in [0.2, 0.25) is 0 Å². The third kappa shape index (κ3) is 3.20. The Labute approximate surface area is 117 Å². The predicted molar refractivity (Wildman–Crippen MR) is 80.5 cm³/mol. The van der Waals surface area contributed by atoms with Gasteiger partial charge in [-0.05, 0) is 19.3 Å². The minimum atomic E-state index is 0.975. The van der Waals surface area contributed by atoms with Crippen LogP contribution in [0.15, 0.2) is 35.7 Å². The van der Waals surface area contributed by atoms with Gasteiger partial charge in [0.25, 0.3) is 5.13 Å². The van der Waals surface area contributed by atoms with Crippen molar-refractivity contribution in [3.05, 3.63) is 35.7 Å². The first-order valence-electron chi connectivity index (χ1n) is 6.79. The number of hydrogen-bond donors (Lipinski definition) is 2. The van der Waals surface area contributed by atoms with E-state index in [1.165, 1.54) is 30.7 Å². The third-order valence-corrected chi connectivity index (χ3v) is 4.03. The van der Waals surface area contributed by atoms with E-state index in [0.717, 1.165) is 23.8 Å². The molecule has 0 bridgehead atoms. The molecule has 0 amide bonds. The molecule has 0 saturated heterocycles. The largest absolute Gasteiger partial charge is 0.278 e. The van der Waals surface area contributed by atoms with Gasteiger partial charge in [0, 0.05) is 17.4 Å². The summed E-state index contributed by atoms with van der Waals surface area (Å²) in [6.45, 7) is 1.07. The molecule has 2 heterocycles. The van der Waals surface area contributed by atoms with Gasteiger partial charge >= 0.3 is 0 Å². The average Bonchev–Trinajstić information content (AvgIpc) is 2.76. The molecular formula is C15H18N3S+. The van der Waals surface area contributed by atoms with Crippen LogP contribution in [0.4, 0.5) is 5.13 Å².